The van der Waals surface area contributed by atoms with Gasteiger partial charge in [0, 0.05) is 24.7 Å². The molecule has 1 saturated carbocycles. The minimum absolute atomic E-state index is 0.127. The maximum atomic E-state index is 11.6. The summed E-state index contributed by atoms with van der Waals surface area (Å²) in [5.74, 6) is -0.177. The molecule has 1 aliphatic carbocycles. The van der Waals surface area contributed by atoms with Gasteiger partial charge in [0.1, 0.15) is 0 Å². The topological polar surface area (TPSA) is 62.9 Å². The van der Waals surface area contributed by atoms with Gasteiger partial charge in [0.05, 0.1) is 20.0 Å². The summed E-state index contributed by atoms with van der Waals surface area (Å²) in [6.07, 6.45) is 7.60. The highest BCUT2D eigenvalue weighted by Crippen LogP contribution is 2.25. The molecule has 0 spiro atoms. The standard InChI is InChI=1S/C15H23NO4/c1-19-15(18)14-12(7-10-20-14)11-16(8-9-17)13-5-3-2-4-6-13/h7,10,13,17H,2-6,8-9,11H2,1H3. The fourth-order valence-corrected chi connectivity index (χ4v) is 2.92. The van der Waals surface area contributed by atoms with E-state index in [0.717, 1.165) is 18.4 Å². The number of carbonyl (C=O) groups is 1. The predicted octanol–water partition coefficient (Wildman–Crippen LogP) is 2.19. The molecule has 112 valence electrons. The largest absolute Gasteiger partial charge is 0.463 e. The first-order chi connectivity index (χ1) is 9.76. The molecule has 1 fully saturated rings. The van der Waals surface area contributed by atoms with Crippen molar-refractivity contribution in [2.24, 2.45) is 0 Å². The van der Waals surface area contributed by atoms with Crippen LogP contribution in [-0.4, -0.2) is 42.3 Å². The Morgan fingerprint density at radius 1 is 1.45 bits per heavy atom. The Labute approximate surface area is 119 Å². The number of aliphatic hydroxyl groups excluding tert-OH is 1. The number of hydrogen-bond acceptors (Lipinski definition) is 5. The Kier molecular flexibility index (Phi) is 5.61. The Morgan fingerprint density at radius 3 is 2.85 bits per heavy atom. The lowest BCUT2D eigenvalue weighted by Gasteiger charge is -2.33. The second-order valence-electron chi connectivity index (χ2n) is 5.25. The van der Waals surface area contributed by atoms with E-state index in [1.807, 2.05) is 0 Å². The van der Waals surface area contributed by atoms with Gasteiger partial charge in [-0.3, -0.25) is 4.90 Å². The number of nitrogens with zero attached hydrogens (tertiary/aromatic N) is 1. The van der Waals surface area contributed by atoms with Crippen molar-refractivity contribution in [3.63, 3.8) is 0 Å². The lowest BCUT2D eigenvalue weighted by molar-refractivity contribution is 0.0558. The van der Waals surface area contributed by atoms with Gasteiger partial charge in [-0.25, -0.2) is 4.79 Å². The number of carbonyl (C=O) groups excluding carboxylic acids is 1. The molecule has 0 radical (unpaired) electrons. The molecular formula is C15H23NO4. The predicted molar refractivity (Wildman–Crippen MR) is 74.4 cm³/mol. The van der Waals surface area contributed by atoms with Crippen LogP contribution in [0.15, 0.2) is 16.7 Å². The molecule has 0 unspecified atom stereocenters. The van der Waals surface area contributed by atoms with Gasteiger partial charge >= 0.3 is 5.97 Å². The first-order valence-electron chi connectivity index (χ1n) is 7.26. The van der Waals surface area contributed by atoms with E-state index >= 15 is 0 Å². The van der Waals surface area contributed by atoms with Gasteiger partial charge in [-0.05, 0) is 18.9 Å². The number of ether oxygens (including phenoxy) is 1. The quantitative estimate of drug-likeness (QED) is 0.810. The van der Waals surface area contributed by atoms with Crippen LogP contribution in [-0.2, 0) is 11.3 Å². The van der Waals surface area contributed by atoms with E-state index in [9.17, 15) is 9.90 Å². The molecule has 0 bridgehead atoms. The van der Waals surface area contributed by atoms with Crippen LogP contribution in [0.5, 0.6) is 0 Å². The zero-order chi connectivity index (χ0) is 14.4. The number of hydrogen-bond donors (Lipinski definition) is 1. The lowest BCUT2D eigenvalue weighted by Crippen LogP contribution is -2.38. The first kappa shape index (κ1) is 15.1. The van der Waals surface area contributed by atoms with Crippen molar-refractivity contribution in [3.05, 3.63) is 23.7 Å². The Balaban J connectivity index is 2.07. The van der Waals surface area contributed by atoms with E-state index in [1.165, 1.54) is 32.6 Å². The SMILES string of the molecule is COC(=O)c1occc1CN(CCO)C1CCCCC1. The summed E-state index contributed by atoms with van der Waals surface area (Å²) in [6.45, 7) is 1.37. The van der Waals surface area contributed by atoms with Crippen molar-refractivity contribution in [1.82, 2.24) is 4.90 Å². The third-order valence-electron chi connectivity index (χ3n) is 3.97. The molecule has 0 atom stereocenters. The maximum Gasteiger partial charge on any atom is 0.374 e. The van der Waals surface area contributed by atoms with E-state index in [1.54, 1.807) is 6.07 Å². The number of furan rings is 1. The molecule has 1 N–H and O–H groups in total. The third kappa shape index (κ3) is 3.61. The second kappa shape index (κ2) is 7.45. The average molecular weight is 281 g/mol. The van der Waals surface area contributed by atoms with Crippen LogP contribution in [0.25, 0.3) is 0 Å². The second-order valence-corrected chi connectivity index (χ2v) is 5.25. The van der Waals surface area contributed by atoms with Crippen molar-refractivity contribution in [3.8, 4) is 0 Å². The monoisotopic (exact) mass is 281 g/mol. The van der Waals surface area contributed by atoms with Crippen molar-refractivity contribution in [2.45, 2.75) is 44.7 Å². The summed E-state index contributed by atoms with van der Waals surface area (Å²) >= 11 is 0. The molecule has 0 saturated heterocycles. The normalized spacial score (nSPS) is 16.6. The zero-order valence-electron chi connectivity index (χ0n) is 12.0. The molecule has 1 aromatic heterocycles. The van der Waals surface area contributed by atoms with Gasteiger partial charge in [0.25, 0.3) is 0 Å². The van der Waals surface area contributed by atoms with Crippen LogP contribution in [0.3, 0.4) is 0 Å². The fourth-order valence-electron chi connectivity index (χ4n) is 2.92. The lowest BCUT2D eigenvalue weighted by atomic mass is 9.94. The summed E-state index contributed by atoms with van der Waals surface area (Å²) < 4.78 is 9.94. The average Bonchev–Trinajstić information content (AvgIpc) is 2.95. The maximum absolute atomic E-state index is 11.6. The van der Waals surface area contributed by atoms with Crippen LogP contribution < -0.4 is 0 Å². The van der Waals surface area contributed by atoms with Gasteiger partial charge in [-0.2, -0.15) is 0 Å². The smallest absolute Gasteiger partial charge is 0.374 e. The Morgan fingerprint density at radius 2 is 2.20 bits per heavy atom. The number of aliphatic hydroxyl groups is 1. The molecule has 2 rings (SSSR count). The fraction of sp³-hybridized carbons (Fsp3) is 0.667. The van der Waals surface area contributed by atoms with Crippen molar-refractivity contribution in [1.29, 1.82) is 0 Å². The molecule has 0 aromatic carbocycles. The Bertz CT molecular complexity index is 423. The van der Waals surface area contributed by atoms with Gasteiger partial charge < -0.3 is 14.3 Å². The number of esters is 1. The molecule has 5 nitrogen and oxygen atoms in total. The summed E-state index contributed by atoms with van der Waals surface area (Å²) in [5, 5.41) is 9.26. The Hall–Kier alpha value is -1.33. The number of rotatable bonds is 6. The van der Waals surface area contributed by atoms with E-state index in [2.05, 4.69) is 4.90 Å². The summed E-state index contributed by atoms with van der Waals surface area (Å²) in [7, 11) is 1.35. The van der Waals surface area contributed by atoms with Crippen LogP contribution in [0.1, 0.15) is 48.2 Å². The number of methoxy groups -OCH3 is 1. The molecule has 1 aromatic rings. The van der Waals surface area contributed by atoms with Crippen LogP contribution in [0.2, 0.25) is 0 Å². The van der Waals surface area contributed by atoms with E-state index in [-0.39, 0.29) is 12.4 Å². The van der Waals surface area contributed by atoms with Crippen LogP contribution in [0.4, 0.5) is 0 Å². The zero-order valence-corrected chi connectivity index (χ0v) is 12.0. The first-order valence-corrected chi connectivity index (χ1v) is 7.26. The van der Waals surface area contributed by atoms with Gasteiger partial charge in [0.2, 0.25) is 5.76 Å². The van der Waals surface area contributed by atoms with Crippen molar-refractivity contribution >= 4 is 5.97 Å². The summed E-state index contributed by atoms with van der Waals surface area (Å²) in [4.78, 5) is 13.9. The molecule has 20 heavy (non-hydrogen) atoms. The van der Waals surface area contributed by atoms with Crippen molar-refractivity contribution < 1.29 is 19.1 Å². The highest BCUT2D eigenvalue weighted by atomic mass is 16.5. The van der Waals surface area contributed by atoms with Gasteiger partial charge in [-0.1, -0.05) is 19.3 Å². The molecule has 0 aliphatic heterocycles. The molecule has 5 heteroatoms. The minimum Gasteiger partial charge on any atom is -0.463 e. The van der Waals surface area contributed by atoms with Crippen LogP contribution in [0, 0.1) is 0 Å². The van der Waals surface area contributed by atoms with Gasteiger partial charge in [-0.15, -0.1) is 0 Å². The van der Waals surface area contributed by atoms with Crippen LogP contribution >= 0.6 is 0 Å². The van der Waals surface area contributed by atoms with E-state index in [4.69, 9.17) is 9.15 Å². The third-order valence-corrected chi connectivity index (χ3v) is 3.97. The summed E-state index contributed by atoms with van der Waals surface area (Å²) in [6, 6.07) is 2.29. The molecule has 1 aliphatic rings. The molecule has 0 amide bonds. The van der Waals surface area contributed by atoms with E-state index in [0.29, 0.717) is 19.1 Å². The molecular weight excluding hydrogens is 258 g/mol. The highest BCUT2D eigenvalue weighted by Gasteiger charge is 2.24. The minimum atomic E-state index is -0.447. The van der Waals surface area contributed by atoms with E-state index < -0.39 is 5.97 Å². The summed E-state index contributed by atoms with van der Waals surface area (Å²) in [5.41, 5.74) is 0.830. The van der Waals surface area contributed by atoms with Crippen molar-refractivity contribution in [2.75, 3.05) is 20.3 Å². The molecule has 1 heterocycles. The van der Waals surface area contributed by atoms with Gasteiger partial charge in [0.15, 0.2) is 0 Å². The highest BCUT2D eigenvalue weighted by molar-refractivity contribution is 5.87.